The average Bonchev–Trinajstić information content (AvgIpc) is 2.18. The van der Waals surface area contributed by atoms with Crippen LogP contribution < -0.4 is 10.6 Å². The van der Waals surface area contributed by atoms with Gasteiger partial charge in [-0.1, -0.05) is 0 Å². The third-order valence-electron chi connectivity index (χ3n) is 1.76. The largest absolute Gasteiger partial charge is 0.333 e. The number of carbonyl (C=O) groups excluding carboxylic acids is 1. The summed E-state index contributed by atoms with van der Waals surface area (Å²) in [7, 11) is 0. The predicted molar refractivity (Wildman–Crippen MR) is 69.8 cm³/mol. The highest BCUT2D eigenvalue weighted by Gasteiger charge is 2.13. The maximum absolute atomic E-state index is 11.6. The Bertz CT molecular complexity index is 429. The lowest BCUT2D eigenvalue weighted by Crippen LogP contribution is -2.43. The lowest BCUT2D eigenvalue weighted by atomic mass is 10.1. The first-order chi connectivity index (χ1) is 7.90. The van der Waals surface area contributed by atoms with Crippen LogP contribution in [-0.4, -0.2) is 11.6 Å². The van der Waals surface area contributed by atoms with E-state index in [0.29, 0.717) is 5.69 Å². The van der Waals surface area contributed by atoms with Gasteiger partial charge in [-0.3, -0.25) is 0 Å². The maximum Gasteiger partial charge on any atom is 0.319 e. The van der Waals surface area contributed by atoms with Gasteiger partial charge in [0.15, 0.2) is 0 Å². The van der Waals surface area contributed by atoms with Crippen LogP contribution in [0.3, 0.4) is 0 Å². The molecular formula is C12H15N3OS. The van der Waals surface area contributed by atoms with E-state index in [1.54, 1.807) is 24.3 Å². The topological polar surface area (TPSA) is 64.9 Å². The van der Waals surface area contributed by atoms with Gasteiger partial charge in [-0.25, -0.2) is 4.79 Å². The number of urea groups is 1. The predicted octanol–water partition coefficient (Wildman–Crippen LogP) is 3.18. The zero-order valence-corrected chi connectivity index (χ0v) is 10.9. The number of hydrogen-bond acceptors (Lipinski definition) is 3. The van der Waals surface area contributed by atoms with Gasteiger partial charge in [-0.05, 0) is 56.8 Å². The number of nitriles is 1. The van der Waals surface area contributed by atoms with E-state index in [4.69, 9.17) is 5.26 Å². The Morgan fingerprint density at radius 3 is 2.35 bits per heavy atom. The first-order valence-corrected chi connectivity index (χ1v) is 5.97. The fourth-order valence-corrected chi connectivity index (χ4v) is 1.54. The SMILES string of the molecule is CC(C)(C)NC(=O)Nc1ccc(SC#N)cc1. The Balaban J connectivity index is 2.58. The third-order valence-corrected chi connectivity index (χ3v) is 2.36. The van der Waals surface area contributed by atoms with Gasteiger partial charge >= 0.3 is 6.03 Å². The standard InChI is InChI=1S/C12H15N3OS/c1-12(2,3)15-11(16)14-9-4-6-10(7-5-9)17-8-13/h4-7H,1-3H3,(H2,14,15,16). The summed E-state index contributed by atoms with van der Waals surface area (Å²) < 4.78 is 0. The zero-order valence-electron chi connectivity index (χ0n) is 10.1. The van der Waals surface area contributed by atoms with Gasteiger partial charge in [-0.15, -0.1) is 0 Å². The second-order valence-electron chi connectivity index (χ2n) is 4.55. The average molecular weight is 249 g/mol. The van der Waals surface area contributed by atoms with Crippen molar-refractivity contribution in [2.45, 2.75) is 31.2 Å². The smallest absolute Gasteiger partial charge is 0.319 e. The molecule has 0 saturated carbocycles. The summed E-state index contributed by atoms with van der Waals surface area (Å²) in [6.45, 7) is 5.75. The number of hydrogen-bond donors (Lipinski definition) is 2. The Kier molecular flexibility index (Phi) is 4.41. The zero-order chi connectivity index (χ0) is 12.9. The molecule has 90 valence electrons. The quantitative estimate of drug-likeness (QED) is 0.625. The van der Waals surface area contributed by atoms with Crippen molar-refractivity contribution < 1.29 is 4.79 Å². The van der Waals surface area contributed by atoms with Crippen molar-refractivity contribution in [1.29, 1.82) is 5.26 Å². The summed E-state index contributed by atoms with van der Waals surface area (Å²) in [5.41, 5.74) is 0.440. The van der Waals surface area contributed by atoms with Crippen molar-refractivity contribution in [1.82, 2.24) is 5.32 Å². The van der Waals surface area contributed by atoms with Crippen molar-refractivity contribution in [3.63, 3.8) is 0 Å². The lowest BCUT2D eigenvalue weighted by Gasteiger charge is -2.20. The molecule has 2 amide bonds. The number of rotatable bonds is 2. The molecule has 0 unspecified atom stereocenters. The van der Waals surface area contributed by atoms with E-state index in [-0.39, 0.29) is 11.6 Å². The van der Waals surface area contributed by atoms with Crippen LogP contribution in [0, 0.1) is 10.7 Å². The Morgan fingerprint density at radius 1 is 1.29 bits per heavy atom. The van der Waals surface area contributed by atoms with Crippen LogP contribution in [0.5, 0.6) is 0 Å². The monoisotopic (exact) mass is 249 g/mol. The highest BCUT2D eigenvalue weighted by Crippen LogP contribution is 2.18. The normalized spacial score (nSPS) is 10.5. The molecule has 0 bridgehead atoms. The Morgan fingerprint density at radius 2 is 1.88 bits per heavy atom. The Labute approximate surface area is 105 Å². The second kappa shape index (κ2) is 5.60. The van der Waals surface area contributed by atoms with E-state index in [1.807, 2.05) is 26.2 Å². The lowest BCUT2D eigenvalue weighted by molar-refractivity contribution is 0.244. The Hall–Kier alpha value is -1.67. The molecule has 0 aliphatic heterocycles. The second-order valence-corrected chi connectivity index (χ2v) is 5.40. The number of nitrogens with zero attached hydrogens (tertiary/aromatic N) is 1. The molecule has 0 atom stereocenters. The van der Waals surface area contributed by atoms with Gasteiger partial charge in [0.1, 0.15) is 5.40 Å². The van der Waals surface area contributed by atoms with Crippen molar-refractivity contribution >= 4 is 23.5 Å². The van der Waals surface area contributed by atoms with Gasteiger partial charge in [0, 0.05) is 16.1 Å². The number of thioether (sulfide) groups is 1. The summed E-state index contributed by atoms with van der Waals surface area (Å²) >= 11 is 1.09. The summed E-state index contributed by atoms with van der Waals surface area (Å²) in [5.74, 6) is 0. The molecule has 0 aromatic heterocycles. The number of thiocyanates is 1. The van der Waals surface area contributed by atoms with Crippen LogP contribution in [0.4, 0.5) is 10.5 Å². The molecule has 1 aromatic rings. The molecule has 4 nitrogen and oxygen atoms in total. The van der Waals surface area contributed by atoms with Crippen LogP contribution in [0.15, 0.2) is 29.2 Å². The van der Waals surface area contributed by atoms with E-state index >= 15 is 0 Å². The van der Waals surface area contributed by atoms with Gasteiger partial charge < -0.3 is 10.6 Å². The molecule has 5 heteroatoms. The molecule has 0 fully saturated rings. The van der Waals surface area contributed by atoms with E-state index in [0.717, 1.165) is 16.7 Å². The van der Waals surface area contributed by atoms with Gasteiger partial charge in [0.25, 0.3) is 0 Å². The fourth-order valence-electron chi connectivity index (χ4n) is 1.16. The molecule has 0 heterocycles. The number of nitrogens with one attached hydrogen (secondary N) is 2. The molecule has 2 N–H and O–H groups in total. The van der Waals surface area contributed by atoms with Crippen LogP contribution in [-0.2, 0) is 0 Å². The minimum Gasteiger partial charge on any atom is -0.333 e. The van der Waals surface area contributed by atoms with Crippen LogP contribution in [0.2, 0.25) is 0 Å². The van der Waals surface area contributed by atoms with Crippen molar-refractivity contribution in [3.8, 4) is 5.40 Å². The summed E-state index contributed by atoms with van der Waals surface area (Å²) in [5, 5.41) is 16.0. The van der Waals surface area contributed by atoms with Gasteiger partial charge in [0.05, 0.1) is 0 Å². The minimum atomic E-state index is -0.263. The number of benzene rings is 1. The molecule has 17 heavy (non-hydrogen) atoms. The van der Waals surface area contributed by atoms with E-state index in [1.165, 1.54) is 0 Å². The molecule has 0 radical (unpaired) electrons. The summed E-state index contributed by atoms with van der Waals surface area (Å²) in [6.07, 6.45) is 0. The number of anilines is 1. The van der Waals surface area contributed by atoms with E-state index < -0.39 is 0 Å². The van der Waals surface area contributed by atoms with E-state index in [9.17, 15) is 4.79 Å². The van der Waals surface area contributed by atoms with Gasteiger partial charge in [-0.2, -0.15) is 5.26 Å². The first kappa shape index (κ1) is 13.4. The maximum atomic E-state index is 11.6. The molecule has 0 aliphatic rings. The first-order valence-electron chi connectivity index (χ1n) is 5.16. The van der Waals surface area contributed by atoms with Gasteiger partial charge in [0.2, 0.25) is 0 Å². The van der Waals surface area contributed by atoms with Crippen LogP contribution in [0.1, 0.15) is 20.8 Å². The van der Waals surface area contributed by atoms with Crippen molar-refractivity contribution in [2.24, 2.45) is 0 Å². The van der Waals surface area contributed by atoms with E-state index in [2.05, 4.69) is 10.6 Å². The fraction of sp³-hybridized carbons (Fsp3) is 0.333. The number of carbonyl (C=O) groups is 1. The third kappa shape index (κ3) is 5.27. The molecule has 1 aromatic carbocycles. The molecule has 0 saturated heterocycles. The highest BCUT2D eigenvalue weighted by atomic mass is 32.2. The summed E-state index contributed by atoms with van der Waals surface area (Å²) in [4.78, 5) is 12.4. The van der Waals surface area contributed by atoms with Crippen LogP contribution >= 0.6 is 11.8 Å². The molecule has 1 rings (SSSR count). The van der Waals surface area contributed by atoms with Crippen LogP contribution in [0.25, 0.3) is 0 Å². The summed E-state index contributed by atoms with van der Waals surface area (Å²) in [6, 6.07) is 6.88. The number of amides is 2. The molecule has 0 aliphatic carbocycles. The highest BCUT2D eigenvalue weighted by molar-refractivity contribution is 8.03. The molecular weight excluding hydrogens is 234 g/mol. The minimum absolute atomic E-state index is 0.238. The van der Waals surface area contributed by atoms with Crippen molar-refractivity contribution in [2.75, 3.05) is 5.32 Å². The van der Waals surface area contributed by atoms with Crippen molar-refractivity contribution in [3.05, 3.63) is 24.3 Å². The molecule has 0 spiro atoms.